The molecule has 2 rings (SSSR count). The molecule has 0 aliphatic heterocycles. The highest BCUT2D eigenvalue weighted by molar-refractivity contribution is 9.10. The number of rotatable bonds is 9. The van der Waals surface area contributed by atoms with Crippen LogP contribution in [0.4, 0.5) is 5.69 Å². The molecule has 0 N–H and O–H groups in total. The molecule has 0 radical (unpaired) electrons. The van der Waals surface area contributed by atoms with Crippen molar-refractivity contribution in [2.75, 3.05) is 53.2 Å². The zero-order valence-corrected chi connectivity index (χ0v) is 19.0. The minimum atomic E-state index is 0.00298. The Morgan fingerprint density at radius 2 is 1.68 bits per heavy atom. The molecule has 2 aromatic rings. The normalized spacial score (nSPS) is 11.6. The molecule has 4 nitrogen and oxygen atoms in total. The quantitative estimate of drug-likeness (QED) is 0.423. The summed E-state index contributed by atoms with van der Waals surface area (Å²) in [5.41, 5.74) is 3.99. The van der Waals surface area contributed by atoms with Crippen LogP contribution in [0.2, 0.25) is 0 Å². The van der Waals surface area contributed by atoms with E-state index in [1.807, 2.05) is 63.6 Å². The van der Waals surface area contributed by atoms with Crippen molar-refractivity contribution in [2.45, 2.75) is 6.54 Å². The van der Waals surface area contributed by atoms with E-state index in [2.05, 4.69) is 50.8 Å². The molecule has 0 fully saturated rings. The van der Waals surface area contributed by atoms with E-state index in [-0.39, 0.29) is 5.78 Å². The molecule has 0 saturated heterocycles. The van der Waals surface area contributed by atoms with Gasteiger partial charge < -0.3 is 14.7 Å². The van der Waals surface area contributed by atoms with Crippen LogP contribution in [-0.2, 0) is 6.54 Å². The van der Waals surface area contributed by atoms with E-state index >= 15 is 0 Å². The third-order valence-corrected chi connectivity index (χ3v) is 4.90. The van der Waals surface area contributed by atoms with Crippen molar-refractivity contribution in [2.24, 2.45) is 0 Å². The van der Waals surface area contributed by atoms with Gasteiger partial charge in [0.2, 0.25) is 0 Å². The van der Waals surface area contributed by atoms with Gasteiger partial charge in [-0.1, -0.05) is 46.3 Å². The molecule has 0 bridgehead atoms. The third kappa shape index (κ3) is 6.89. The van der Waals surface area contributed by atoms with Crippen LogP contribution in [0.5, 0.6) is 0 Å². The first-order chi connectivity index (χ1) is 13.3. The number of benzene rings is 2. The second kappa shape index (κ2) is 10.6. The van der Waals surface area contributed by atoms with Crippen LogP contribution >= 0.6 is 15.9 Å². The van der Waals surface area contributed by atoms with Crippen molar-refractivity contribution in [3.63, 3.8) is 0 Å². The van der Waals surface area contributed by atoms with Gasteiger partial charge in [0.1, 0.15) is 0 Å². The van der Waals surface area contributed by atoms with Gasteiger partial charge in [0.15, 0.2) is 5.78 Å². The highest BCUT2D eigenvalue weighted by Gasteiger charge is 2.09. The number of nitrogens with zero attached hydrogens (tertiary/aromatic N) is 3. The highest BCUT2D eigenvalue weighted by Crippen LogP contribution is 2.23. The molecule has 0 saturated carbocycles. The molecule has 0 amide bonds. The van der Waals surface area contributed by atoms with Gasteiger partial charge in [-0.3, -0.25) is 4.79 Å². The molecule has 0 unspecified atom stereocenters. The SMILES string of the molecule is CN(C)CCN(C)c1cc(Br)cc(C(=O)C=Cc2ccccc2CN(C)C)c1. The van der Waals surface area contributed by atoms with Gasteiger partial charge in [0.05, 0.1) is 0 Å². The Bertz CT molecular complexity index is 830. The maximum atomic E-state index is 12.8. The summed E-state index contributed by atoms with van der Waals surface area (Å²) in [4.78, 5) is 19.2. The monoisotopic (exact) mass is 443 g/mol. The van der Waals surface area contributed by atoms with E-state index in [1.165, 1.54) is 5.56 Å². The Morgan fingerprint density at radius 1 is 0.964 bits per heavy atom. The number of halogens is 1. The number of hydrogen-bond donors (Lipinski definition) is 0. The molecule has 0 spiro atoms. The molecule has 0 aliphatic rings. The lowest BCUT2D eigenvalue weighted by molar-refractivity contribution is 0.104. The van der Waals surface area contributed by atoms with Crippen LogP contribution in [0.25, 0.3) is 6.08 Å². The first-order valence-electron chi connectivity index (χ1n) is 9.38. The van der Waals surface area contributed by atoms with Crippen LogP contribution in [-0.4, -0.2) is 63.9 Å². The molecule has 2 aromatic carbocycles. The summed E-state index contributed by atoms with van der Waals surface area (Å²) in [5.74, 6) is 0.00298. The summed E-state index contributed by atoms with van der Waals surface area (Å²) in [7, 11) is 10.3. The van der Waals surface area contributed by atoms with E-state index in [1.54, 1.807) is 6.08 Å². The predicted octanol–water partition coefficient (Wildman–Crippen LogP) is 4.40. The zero-order chi connectivity index (χ0) is 20.7. The summed E-state index contributed by atoms with van der Waals surface area (Å²) in [6.45, 7) is 2.69. The average Bonchev–Trinajstić information content (AvgIpc) is 2.64. The molecule has 0 heterocycles. The van der Waals surface area contributed by atoms with Crippen LogP contribution < -0.4 is 4.90 Å². The van der Waals surface area contributed by atoms with Crippen molar-refractivity contribution in [3.05, 3.63) is 69.7 Å². The van der Waals surface area contributed by atoms with Crippen molar-refractivity contribution >= 4 is 33.5 Å². The smallest absolute Gasteiger partial charge is 0.185 e. The van der Waals surface area contributed by atoms with Crippen LogP contribution in [0.15, 0.2) is 53.0 Å². The van der Waals surface area contributed by atoms with Gasteiger partial charge in [-0.2, -0.15) is 0 Å². The summed E-state index contributed by atoms with van der Waals surface area (Å²) in [6.07, 6.45) is 3.58. The molecule has 5 heteroatoms. The molecule has 0 aromatic heterocycles. The van der Waals surface area contributed by atoms with Gasteiger partial charge in [0.25, 0.3) is 0 Å². The van der Waals surface area contributed by atoms with Crippen LogP contribution in [0.3, 0.4) is 0 Å². The van der Waals surface area contributed by atoms with Crippen molar-refractivity contribution < 1.29 is 4.79 Å². The van der Waals surface area contributed by atoms with Gasteiger partial charge in [0, 0.05) is 42.4 Å². The molecule has 28 heavy (non-hydrogen) atoms. The molecular formula is C23H30BrN3O. The fourth-order valence-corrected chi connectivity index (χ4v) is 3.34. The summed E-state index contributed by atoms with van der Waals surface area (Å²) < 4.78 is 0.909. The summed E-state index contributed by atoms with van der Waals surface area (Å²) in [6, 6.07) is 14.1. The van der Waals surface area contributed by atoms with E-state index in [0.29, 0.717) is 5.56 Å². The van der Waals surface area contributed by atoms with E-state index < -0.39 is 0 Å². The fraction of sp³-hybridized carbons (Fsp3) is 0.348. The van der Waals surface area contributed by atoms with Gasteiger partial charge in [-0.05, 0) is 63.6 Å². The first kappa shape index (κ1) is 22.3. The third-order valence-electron chi connectivity index (χ3n) is 4.45. The number of allylic oxidation sites excluding steroid dienone is 1. The largest absolute Gasteiger partial charge is 0.373 e. The van der Waals surface area contributed by atoms with Gasteiger partial charge in [-0.25, -0.2) is 0 Å². The summed E-state index contributed by atoms with van der Waals surface area (Å²) in [5, 5.41) is 0. The molecular weight excluding hydrogens is 414 g/mol. The topological polar surface area (TPSA) is 26.8 Å². The second-order valence-electron chi connectivity index (χ2n) is 7.56. The number of carbonyl (C=O) groups excluding carboxylic acids is 1. The average molecular weight is 444 g/mol. The van der Waals surface area contributed by atoms with Crippen LogP contribution in [0.1, 0.15) is 21.5 Å². The highest BCUT2D eigenvalue weighted by atomic mass is 79.9. The Morgan fingerprint density at radius 3 is 2.36 bits per heavy atom. The Kier molecular flexibility index (Phi) is 8.42. The minimum Gasteiger partial charge on any atom is -0.373 e. The van der Waals surface area contributed by atoms with Crippen molar-refractivity contribution in [3.8, 4) is 0 Å². The first-order valence-corrected chi connectivity index (χ1v) is 10.2. The number of hydrogen-bond acceptors (Lipinski definition) is 4. The van der Waals surface area contributed by atoms with E-state index in [9.17, 15) is 4.79 Å². The number of anilines is 1. The lowest BCUT2D eigenvalue weighted by atomic mass is 10.0. The molecule has 0 atom stereocenters. The van der Waals surface area contributed by atoms with Crippen molar-refractivity contribution in [1.82, 2.24) is 9.80 Å². The Hall–Kier alpha value is -1.95. The van der Waals surface area contributed by atoms with Gasteiger partial charge >= 0.3 is 0 Å². The molecule has 150 valence electrons. The Labute approximate surface area is 177 Å². The lowest BCUT2D eigenvalue weighted by Gasteiger charge is -2.22. The van der Waals surface area contributed by atoms with Crippen molar-refractivity contribution in [1.29, 1.82) is 0 Å². The second-order valence-corrected chi connectivity index (χ2v) is 8.47. The lowest BCUT2D eigenvalue weighted by Crippen LogP contribution is -2.28. The number of carbonyl (C=O) groups is 1. The number of likely N-dealkylation sites (N-methyl/N-ethyl adjacent to an activating group) is 2. The maximum absolute atomic E-state index is 12.8. The number of ketones is 1. The van der Waals surface area contributed by atoms with E-state index in [4.69, 9.17) is 0 Å². The molecule has 0 aliphatic carbocycles. The predicted molar refractivity (Wildman–Crippen MR) is 123 cm³/mol. The summed E-state index contributed by atoms with van der Waals surface area (Å²) >= 11 is 3.55. The van der Waals surface area contributed by atoms with Gasteiger partial charge in [-0.15, -0.1) is 0 Å². The minimum absolute atomic E-state index is 0.00298. The van der Waals surface area contributed by atoms with Crippen LogP contribution in [0, 0.1) is 0 Å². The Balaban J connectivity index is 2.19. The fourth-order valence-electron chi connectivity index (χ4n) is 2.86. The maximum Gasteiger partial charge on any atom is 0.185 e. The standard InChI is InChI=1S/C23H30BrN3O/c1-25(2)12-13-27(5)22-15-20(14-21(24)16-22)23(28)11-10-18-8-6-7-9-19(18)17-26(3)4/h6-11,14-16H,12-13,17H2,1-5H3. The van der Waals surface area contributed by atoms with E-state index in [0.717, 1.165) is 35.4 Å². The zero-order valence-electron chi connectivity index (χ0n) is 17.4.